The largest absolute Gasteiger partial charge is 0.198 e. The molecule has 3 rings (SSSR count). The van der Waals surface area contributed by atoms with Gasteiger partial charge in [0.2, 0.25) is 0 Å². The van der Waals surface area contributed by atoms with Crippen LogP contribution in [0.5, 0.6) is 0 Å². The number of hydrogen-bond donors (Lipinski definition) is 0. The van der Waals surface area contributed by atoms with Crippen molar-refractivity contribution in [3.8, 4) is 6.07 Å². The average Bonchev–Trinajstić information content (AvgIpc) is 2.63. The molecule has 0 heterocycles. The topological polar surface area (TPSA) is 23.8 Å². The van der Waals surface area contributed by atoms with Gasteiger partial charge < -0.3 is 0 Å². The van der Waals surface area contributed by atoms with Crippen LogP contribution in [-0.4, -0.2) is 0 Å². The van der Waals surface area contributed by atoms with E-state index in [9.17, 15) is 5.26 Å². The number of rotatable bonds is 3. The Balaban J connectivity index is 1.42. The van der Waals surface area contributed by atoms with Crippen molar-refractivity contribution in [2.45, 2.75) is 97.3 Å². The molecule has 0 bridgehead atoms. The quantitative estimate of drug-likeness (QED) is 0.566. The van der Waals surface area contributed by atoms with Crippen LogP contribution < -0.4 is 0 Å². The summed E-state index contributed by atoms with van der Waals surface area (Å²) in [5.74, 6) is 5.08. The first-order chi connectivity index (χ1) is 11.1. The second-order valence-electron chi connectivity index (χ2n) is 9.37. The average molecular weight is 316 g/mol. The predicted octanol–water partition coefficient (Wildman–Crippen LogP) is 6.73. The van der Waals surface area contributed by atoms with Gasteiger partial charge in [-0.2, -0.15) is 5.26 Å². The number of hydrogen-bond acceptors (Lipinski definition) is 1. The van der Waals surface area contributed by atoms with E-state index in [1.807, 2.05) is 0 Å². The van der Waals surface area contributed by atoms with Gasteiger partial charge in [-0.05, 0) is 101 Å². The summed E-state index contributed by atoms with van der Waals surface area (Å²) >= 11 is 0. The third-order valence-corrected chi connectivity index (χ3v) is 8.02. The molecule has 0 atom stereocenters. The lowest BCUT2D eigenvalue weighted by Crippen LogP contribution is -2.31. The predicted molar refractivity (Wildman–Crippen MR) is 96.9 cm³/mol. The maximum atomic E-state index is 9.31. The summed E-state index contributed by atoms with van der Waals surface area (Å²) in [5, 5.41) is 9.31. The molecule has 3 aliphatic rings. The lowest BCUT2D eigenvalue weighted by Gasteiger charge is -2.42. The maximum absolute atomic E-state index is 9.31. The van der Waals surface area contributed by atoms with Gasteiger partial charge in [-0.15, -0.1) is 0 Å². The first kappa shape index (κ1) is 17.3. The summed E-state index contributed by atoms with van der Waals surface area (Å²) in [5.41, 5.74) is -0.00832. The lowest BCUT2D eigenvalue weighted by molar-refractivity contribution is 0.0969. The molecule has 0 saturated heterocycles. The van der Waals surface area contributed by atoms with E-state index in [0.717, 1.165) is 42.4 Å². The summed E-state index contributed by atoms with van der Waals surface area (Å²) in [6.45, 7) is 4.55. The van der Waals surface area contributed by atoms with E-state index >= 15 is 0 Å². The summed E-state index contributed by atoms with van der Waals surface area (Å²) in [4.78, 5) is 0. The molecule has 1 nitrogen and oxygen atoms in total. The van der Waals surface area contributed by atoms with Gasteiger partial charge in [-0.1, -0.05) is 26.2 Å². The highest BCUT2D eigenvalue weighted by Gasteiger charge is 2.37. The van der Waals surface area contributed by atoms with Crippen molar-refractivity contribution in [3.63, 3.8) is 0 Å². The van der Waals surface area contributed by atoms with Gasteiger partial charge in [0.05, 0.1) is 11.5 Å². The highest BCUT2D eigenvalue weighted by Crippen LogP contribution is 2.47. The van der Waals surface area contributed by atoms with E-state index in [1.165, 1.54) is 70.6 Å². The Morgan fingerprint density at radius 1 is 0.739 bits per heavy atom. The molecule has 130 valence electrons. The highest BCUT2D eigenvalue weighted by molar-refractivity contribution is 4.99. The van der Waals surface area contributed by atoms with Crippen LogP contribution in [0.4, 0.5) is 0 Å². The number of nitriles is 1. The zero-order valence-electron chi connectivity index (χ0n) is 15.5. The van der Waals surface area contributed by atoms with Gasteiger partial charge in [0.25, 0.3) is 0 Å². The van der Waals surface area contributed by atoms with Crippen LogP contribution in [0.2, 0.25) is 0 Å². The van der Waals surface area contributed by atoms with Gasteiger partial charge in [-0.25, -0.2) is 0 Å². The molecule has 3 saturated carbocycles. The molecule has 0 N–H and O–H groups in total. The summed E-state index contributed by atoms with van der Waals surface area (Å²) in [6.07, 6.45) is 18.4. The molecule has 3 fully saturated rings. The van der Waals surface area contributed by atoms with Crippen LogP contribution in [0.3, 0.4) is 0 Å². The first-order valence-corrected chi connectivity index (χ1v) is 10.5. The summed E-state index contributed by atoms with van der Waals surface area (Å²) in [7, 11) is 0. The van der Waals surface area contributed by atoms with Crippen LogP contribution in [0.1, 0.15) is 97.3 Å². The third-order valence-electron chi connectivity index (χ3n) is 8.02. The van der Waals surface area contributed by atoms with Crippen molar-refractivity contribution >= 4 is 0 Å². The summed E-state index contributed by atoms with van der Waals surface area (Å²) < 4.78 is 0. The van der Waals surface area contributed by atoms with Crippen LogP contribution >= 0.6 is 0 Å². The van der Waals surface area contributed by atoms with Gasteiger partial charge >= 0.3 is 0 Å². The Morgan fingerprint density at radius 3 is 1.52 bits per heavy atom. The monoisotopic (exact) mass is 315 g/mol. The van der Waals surface area contributed by atoms with Crippen molar-refractivity contribution in [3.05, 3.63) is 0 Å². The molecule has 0 aliphatic heterocycles. The van der Waals surface area contributed by atoms with Crippen molar-refractivity contribution < 1.29 is 0 Å². The minimum absolute atomic E-state index is 0.00832. The minimum Gasteiger partial charge on any atom is -0.198 e. The molecule has 0 aromatic rings. The molecule has 1 heteroatoms. The molecule has 0 unspecified atom stereocenters. The third kappa shape index (κ3) is 4.12. The Labute approximate surface area is 144 Å². The van der Waals surface area contributed by atoms with E-state index in [1.54, 1.807) is 0 Å². The second-order valence-corrected chi connectivity index (χ2v) is 9.37. The van der Waals surface area contributed by atoms with Crippen molar-refractivity contribution in [1.29, 1.82) is 5.26 Å². The highest BCUT2D eigenvalue weighted by atomic mass is 14.4. The van der Waals surface area contributed by atoms with E-state index < -0.39 is 0 Å². The molecule has 0 aromatic carbocycles. The van der Waals surface area contributed by atoms with E-state index in [0.29, 0.717) is 0 Å². The molecule has 23 heavy (non-hydrogen) atoms. The SMILES string of the molecule is CCC1CCC(C2CCC(C3CCC(C)(C#N)CC3)CC2)CC1. The molecular formula is C22H37N. The normalized spacial score (nSPS) is 45.3. The fourth-order valence-corrected chi connectivity index (χ4v) is 6.02. The first-order valence-electron chi connectivity index (χ1n) is 10.5. The molecule has 0 aromatic heterocycles. The fourth-order valence-electron chi connectivity index (χ4n) is 6.02. The van der Waals surface area contributed by atoms with Crippen LogP contribution in [0.15, 0.2) is 0 Å². The Kier molecular flexibility index (Phi) is 5.71. The summed E-state index contributed by atoms with van der Waals surface area (Å²) in [6, 6.07) is 2.56. The molecule has 3 aliphatic carbocycles. The Bertz CT molecular complexity index is 396. The van der Waals surface area contributed by atoms with Gasteiger partial charge in [0.1, 0.15) is 0 Å². The van der Waals surface area contributed by atoms with Gasteiger partial charge in [-0.3, -0.25) is 0 Å². The molecule has 0 amide bonds. The van der Waals surface area contributed by atoms with Crippen molar-refractivity contribution in [2.24, 2.45) is 35.0 Å². The Morgan fingerprint density at radius 2 is 1.13 bits per heavy atom. The zero-order valence-corrected chi connectivity index (χ0v) is 15.5. The van der Waals surface area contributed by atoms with Crippen LogP contribution in [-0.2, 0) is 0 Å². The van der Waals surface area contributed by atoms with E-state index in [4.69, 9.17) is 0 Å². The standard InChI is InChI=1S/C22H37N/c1-3-17-4-6-18(7-5-17)19-8-10-20(11-9-19)21-12-14-22(2,16-23)15-13-21/h17-21H,3-15H2,1-2H3. The molecule has 0 spiro atoms. The number of nitrogens with zero attached hydrogens (tertiary/aromatic N) is 1. The van der Waals surface area contributed by atoms with Gasteiger partial charge in [0, 0.05) is 0 Å². The lowest BCUT2D eigenvalue weighted by atomic mass is 9.63. The van der Waals surface area contributed by atoms with Crippen LogP contribution in [0.25, 0.3) is 0 Å². The second kappa shape index (κ2) is 7.58. The van der Waals surface area contributed by atoms with E-state index in [-0.39, 0.29) is 5.41 Å². The van der Waals surface area contributed by atoms with Crippen molar-refractivity contribution in [2.75, 3.05) is 0 Å². The molecular weight excluding hydrogens is 278 g/mol. The minimum atomic E-state index is -0.00832. The smallest absolute Gasteiger partial charge is 0.0686 e. The Hall–Kier alpha value is -0.510. The zero-order chi connectivity index (χ0) is 16.3. The van der Waals surface area contributed by atoms with Gasteiger partial charge in [0.15, 0.2) is 0 Å². The fraction of sp³-hybridized carbons (Fsp3) is 0.955. The maximum Gasteiger partial charge on any atom is 0.0686 e. The molecule has 0 radical (unpaired) electrons. The van der Waals surface area contributed by atoms with E-state index in [2.05, 4.69) is 19.9 Å². The van der Waals surface area contributed by atoms with Crippen LogP contribution in [0, 0.1) is 46.3 Å². The van der Waals surface area contributed by atoms with Crippen molar-refractivity contribution in [1.82, 2.24) is 0 Å².